The van der Waals surface area contributed by atoms with E-state index in [0.29, 0.717) is 36.7 Å². The number of carboxylic acids is 1. The Kier molecular flexibility index (Phi) is 4.90. The first-order valence-corrected chi connectivity index (χ1v) is 10.7. The summed E-state index contributed by atoms with van der Waals surface area (Å²) in [5.74, 6) is -1.14. The Morgan fingerprint density at radius 1 is 1.34 bits per heavy atom. The standard InChI is InChI=1S/C22H20ClFN4O4/c1-11(25-15-2-3-16(23)26-18(15)20(30)31)13-8-12(24)9-14-17(13)27-21-22(5-7-32-10-22)4-6-28(21)19(14)29/h2-3,8-9,11,25H,4-7,10H2,1H3,(H,30,31)/t11-,22-/m1/s1. The second-order valence-corrected chi connectivity index (χ2v) is 8.70. The Hall–Kier alpha value is -3.04. The van der Waals surface area contributed by atoms with E-state index in [2.05, 4.69) is 10.3 Å². The highest BCUT2D eigenvalue weighted by Gasteiger charge is 2.45. The van der Waals surface area contributed by atoms with Crippen molar-refractivity contribution >= 4 is 34.2 Å². The number of aromatic carboxylic acids is 1. The molecule has 0 amide bonds. The number of aromatic nitrogens is 3. The monoisotopic (exact) mass is 458 g/mol. The van der Waals surface area contributed by atoms with Crippen LogP contribution in [0.4, 0.5) is 10.1 Å². The number of carbonyl (C=O) groups is 1. The van der Waals surface area contributed by atoms with Crippen molar-refractivity contribution < 1.29 is 19.0 Å². The zero-order chi connectivity index (χ0) is 22.6. The fourth-order valence-corrected chi connectivity index (χ4v) is 4.85. The summed E-state index contributed by atoms with van der Waals surface area (Å²) in [6, 6.07) is 4.92. The maximum absolute atomic E-state index is 14.5. The number of halogens is 2. The minimum atomic E-state index is -1.25. The van der Waals surface area contributed by atoms with E-state index in [1.54, 1.807) is 11.5 Å². The first kappa shape index (κ1) is 20.8. The SMILES string of the molecule is C[C@@H](Nc1ccc(Cl)nc1C(=O)O)c1cc(F)cc2c(=O)n3c(nc12)[C@@]1(CCOC1)CC3. The quantitative estimate of drug-likeness (QED) is 0.576. The summed E-state index contributed by atoms with van der Waals surface area (Å²) in [6.45, 7) is 3.39. The summed E-state index contributed by atoms with van der Waals surface area (Å²) < 4.78 is 21.8. The summed E-state index contributed by atoms with van der Waals surface area (Å²) >= 11 is 5.84. The highest BCUT2D eigenvalue weighted by atomic mass is 35.5. The van der Waals surface area contributed by atoms with Crippen molar-refractivity contribution in [3.8, 4) is 0 Å². The molecular weight excluding hydrogens is 439 g/mol. The lowest BCUT2D eigenvalue weighted by Gasteiger charge is -2.22. The highest BCUT2D eigenvalue weighted by molar-refractivity contribution is 6.29. The summed E-state index contributed by atoms with van der Waals surface area (Å²) in [4.78, 5) is 33.5. The van der Waals surface area contributed by atoms with Gasteiger partial charge >= 0.3 is 5.97 Å². The summed E-state index contributed by atoms with van der Waals surface area (Å²) in [5.41, 5.74) is 0.251. The Morgan fingerprint density at radius 2 is 2.16 bits per heavy atom. The number of benzene rings is 1. The van der Waals surface area contributed by atoms with Crippen LogP contribution in [-0.2, 0) is 16.7 Å². The molecule has 0 aliphatic carbocycles. The Morgan fingerprint density at radius 3 is 2.88 bits per heavy atom. The minimum absolute atomic E-state index is 0.0474. The molecule has 10 heteroatoms. The Balaban J connectivity index is 1.64. The van der Waals surface area contributed by atoms with Gasteiger partial charge < -0.3 is 15.2 Å². The van der Waals surface area contributed by atoms with E-state index in [4.69, 9.17) is 21.3 Å². The van der Waals surface area contributed by atoms with Crippen molar-refractivity contribution in [1.82, 2.24) is 14.5 Å². The number of pyridine rings is 1. The van der Waals surface area contributed by atoms with Crippen molar-refractivity contribution in [1.29, 1.82) is 0 Å². The van der Waals surface area contributed by atoms with Crippen LogP contribution in [0.1, 0.15) is 47.7 Å². The number of hydrogen-bond acceptors (Lipinski definition) is 6. The fourth-order valence-electron chi connectivity index (χ4n) is 4.70. The van der Waals surface area contributed by atoms with Crippen molar-refractivity contribution in [2.75, 3.05) is 18.5 Å². The van der Waals surface area contributed by atoms with Gasteiger partial charge in [0.25, 0.3) is 5.56 Å². The van der Waals surface area contributed by atoms with E-state index >= 15 is 0 Å². The number of hydrogen-bond donors (Lipinski definition) is 2. The third-order valence-electron chi connectivity index (χ3n) is 6.35. The second kappa shape index (κ2) is 7.53. The van der Waals surface area contributed by atoms with Gasteiger partial charge in [-0.15, -0.1) is 0 Å². The first-order chi connectivity index (χ1) is 15.3. The molecule has 4 heterocycles. The number of nitrogens with one attached hydrogen (secondary N) is 1. The lowest BCUT2D eigenvalue weighted by Crippen LogP contribution is -2.29. The van der Waals surface area contributed by atoms with E-state index < -0.39 is 17.8 Å². The molecular formula is C22H20ClFN4O4. The van der Waals surface area contributed by atoms with Gasteiger partial charge in [-0.3, -0.25) is 9.36 Å². The third-order valence-corrected chi connectivity index (χ3v) is 6.56. The summed E-state index contributed by atoms with van der Waals surface area (Å²) in [5, 5.41) is 12.8. The molecule has 0 unspecified atom stereocenters. The molecule has 2 aromatic heterocycles. The van der Waals surface area contributed by atoms with Crippen LogP contribution in [0.2, 0.25) is 5.15 Å². The maximum Gasteiger partial charge on any atom is 0.356 e. The van der Waals surface area contributed by atoms with Crippen LogP contribution in [0, 0.1) is 5.82 Å². The topological polar surface area (TPSA) is 106 Å². The zero-order valence-electron chi connectivity index (χ0n) is 17.2. The van der Waals surface area contributed by atoms with Gasteiger partial charge in [-0.05, 0) is 44.0 Å². The van der Waals surface area contributed by atoms with E-state index in [1.807, 2.05) is 0 Å². The molecule has 8 nitrogen and oxygen atoms in total. The number of nitrogens with zero attached hydrogens (tertiary/aromatic N) is 3. The maximum atomic E-state index is 14.5. The van der Waals surface area contributed by atoms with Crippen LogP contribution < -0.4 is 10.9 Å². The largest absolute Gasteiger partial charge is 0.476 e. The predicted octanol–water partition coefficient (Wildman–Crippen LogP) is 3.52. The minimum Gasteiger partial charge on any atom is -0.476 e. The fraction of sp³-hybridized carbons (Fsp3) is 0.364. The Bertz CT molecular complexity index is 1320. The average molecular weight is 459 g/mol. The molecule has 0 saturated carbocycles. The van der Waals surface area contributed by atoms with E-state index in [9.17, 15) is 19.1 Å². The smallest absolute Gasteiger partial charge is 0.356 e. The van der Waals surface area contributed by atoms with Gasteiger partial charge in [0, 0.05) is 18.7 Å². The van der Waals surface area contributed by atoms with Gasteiger partial charge in [0.05, 0.1) is 34.7 Å². The molecule has 0 radical (unpaired) electrons. The first-order valence-electron chi connectivity index (χ1n) is 10.3. The number of rotatable bonds is 4. The van der Waals surface area contributed by atoms with Crippen molar-refractivity contribution in [3.05, 3.63) is 62.7 Å². The molecule has 1 fully saturated rings. The summed E-state index contributed by atoms with van der Waals surface area (Å²) in [6.07, 6.45) is 1.54. The van der Waals surface area contributed by atoms with Gasteiger partial charge in [-0.2, -0.15) is 0 Å². The van der Waals surface area contributed by atoms with Crippen LogP contribution in [-0.4, -0.2) is 38.8 Å². The molecule has 5 rings (SSSR count). The van der Waals surface area contributed by atoms with Crippen molar-refractivity contribution in [3.63, 3.8) is 0 Å². The number of carboxylic acid groups (broad SMARTS) is 1. The second-order valence-electron chi connectivity index (χ2n) is 8.32. The highest BCUT2D eigenvalue weighted by Crippen LogP contribution is 2.40. The lowest BCUT2D eigenvalue weighted by molar-refractivity contribution is 0.0691. The number of fused-ring (bicyclic) bond motifs is 3. The Labute approximate surface area is 187 Å². The lowest BCUT2D eigenvalue weighted by atomic mass is 9.85. The molecule has 1 spiro atoms. The molecule has 2 aliphatic heterocycles. The molecule has 2 atom stereocenters. The van der Waals surface area contributed by atoms with Crippen LogP contribution in [0.15, 0.2) is 29.1 Å². The van der Waals surface area contributed by atoms with Gasteiger partial charge in [0.1, 0.15) is 16.8 Å². The molecule has 0 bridgehead atoms. The number of ether oxygens (including phenoxy) is 1. The van der Waals surface area contributed by atoms with E-state index in [0.717, 1.165) is 12.8 Å². The molecule has 2 aliphatic rings. The molecule has 1 aromatic carbocycles. The van der Waals surface area contributed by atoms with Gasteiger partial charge in [-0.1, -0.05) is 11.6 Å². The van der Waals surface area contributed by atoms with E-state index in [-0.39, 0.29) is 32.9 Å². The van der Waals surface area contributed by atoms with Crippen molar-refractivity contribution in [2.45, 2.75) is 37.8 Å². The molecule has 2 N–H and O–H groups in total. The van der Waals surface area contributed by atoms with Gasteiger partial charge in [-0.25, -0.2) is 19.2 Å². The van der Waals surface area contributed by atoms with Gasteiger partial charge in [0.2, 0.25) is 0 Å². The molecule has 166 valence electrons. The van der Waals surface area contributed by atoms with Crippen LogP contribution in [0.5, 0.6) is 0 Å². The van der Waals surface area contributed by atoms with Crippen LogP contribution in [0.3, 0.4) is 0 Å². The molecule has 3 aromatic rings. The van der Waals surface area contributed by atoms with Crippen LogP contribution in [0.25, 0.3) is 10.9 Å². The predicted molar refractivity (Wildman–Crippen MR) is 116 cm³/mol. The van der Waals surface area contributed by atoms with E-state index in [1.165, 1.54) is 24.3 Å². The van der Waals surface area contributed by atoms with Gasteiger partial charge in [0.15, 0.2) is 5.69 Å². The third kappa shape index (κ3) is 3.23. The molecule has 32 heavy (non-hydrogen) atoms. The van der Waals surface area contributed by atoms with Crippen LogP contribution >= 0.6 is 11.6 Å². The molecule has 1 saturated heterocycles. The summed E-state index contributed by atoms with van der Waals surface area (Å²) in [7, 11) is 0. The zero-order valence-corrected chi connectivity index (χ0v) is 17.9. The number of anilines is 1. The average Bonchev–Trinajstić information content (AvgIpc) is 3.37. The normalized spacial score (nSPS) is 20.6. The van der Waals surface area contributed by atoms with Crippen molar-refractivity contribution in [2.24, 2.45) is 0 Å².